The molecule has 0 unspecified atom stereocenters. The van der Waals surface area contributed by atoms with Crippen LogP contribution in [0.1, 0.15) is 18.4 Å². The molecule has 6 N–H and O–H groups in total. The van der Waals surface area contributed by atoms with Crippen molar-refractivity contribution >= 4 is 85.0 Å². The Morgan fingerprint density at radius 1 is 0.673 bits per heavy atom. The van der Waals surface area contributed by atoms with Gasteiger partial charge in [0.25, 0.3) is 35.9 Å². The minimum atomic E-state index is -5.37. The minimum absolute atomic E-state index is 0.0634. The van der Waals surface area contributed by atoms with Gasteiger partial charge in [-0.3, -0.25) is 28.0 Å². The molecule has 0 radical (unpaired) electrons. The Morgan fingerprint density at radius 3 is 1.95 bits per heavy atom. The summed E-state index contributed by atoms with van der Waals surface area (Å²) in [4.78, 5) is 39.2. The fraction of sp³-hybridized carbons (Fsp3) is 0.0909. The van der Waals surface area contributed by atoms with Crippen molar-refractivity contribution in [2.45, 2.75) is 32.4 Å². The highest BCUT2D eigenvalue weighted by atomic mass is 32.2. The summed E-state index contributed by atoms with van der Waals surface area (Å²) in [7, 11) is -19.8. The van der Waals surface area contributed by atoms with Crippen molar-refractivity contribution in [3.05, 3.63) is 115 Å². The van der Waals surface area contributed by atoms with Gasteiger partial charge in [0.1, 0.15) is 15.6 Å². The number of carboxylic acids is 1. The number of aliphatic carboxylic acids is 1. The topological polar surface area (TPSA) is 314 Å². The molecule has 1 heterocycles. The molecule has 0 spiro atoms. The van der Waals surface area contributed by atoms with Gasteiger partial charge in [-0.15, -0.1) is 0 Å². The Hall–Kier alpha value is -5.62. The number of carbonyl (C=O) groups is 1. The summed E-state index contributed by atoms with van der Waals surface area (Å²) >= 11 is 0. The number of carboxylic acid groups (broad SMARTS) is 1. The number of sulfone groups is 1. The molecule has 55 heavy (non-hydrogen) atoms. The molecule has 0 bridgehead atoms. The zero-order valence-corrected chi connectivity index (χ0v) is 30.6. The van der Waals surface area contributed by atoms with E-state index in [-0.39, 0.29) is 28.0 Å². The highest BCUT2D eigenvalue weighted by Crippen LogP contribution is 2.34. The molecular formula is C33H24N2O16S4. The van der Waals surface area contributed by atoms with E-state index in [0.29, 0.717) is 12.1 Å². The number of aliphatic hydroxyl groups is 1. The molecule has 4 aromatic carbocycles. The Bertz CT molecular complexity index is 3340. The van der Waals surface area contributed by atoms with Gasteiger partial charge in [-0.05, 0) is 48.2 Å². The standard InChI is InChI=1S/C33H24N2O16S4/c36-25(37)9-4-12-52(41,42)17-10-11-21(23(14-17)54(46,47)48)34-22-15-24(55(49,50)51)30-28-26(19-7-1-2-8-20(19)32(39)27(22)28)29(33(40)35-30)31(38)16-5-3-6-18(13-16)53(43,44)45/h1-3,5-8,10-11,13-15,34,38H,4,9,12H2,(H,36,37)(H,43,44,45)(H,46,47,48)(H,49,50,51). The molecule has 0 aromatic heterocycles. The van der Waals surface area contributed by atoms with Crippen molar-refractivity contribution in [2.75, 3.05) is 11.1 Å². The SMILES string of the molecule is O=C(O)CCCS(=O)(=O)c1ccc(Nc2cc(S(=O)(=O)O)c3nc(=O)c(=C(O)c4cccc(S(=O)(=O)O)c4)c4c5ccccc5c(=O)c2c3=4)c(S(=O)(=O)O)c1. The maximum Gasteiger partial charge on any atom is 0.303 e. The van der Waals surface area contributed by atoms with E-state index in [9.17, 15) is 66.8 Å². The largest absolute Gasteiger partial charge is 0.506 e. The summed E-state index contributed by atoms with van der Waals surface area (Å²) < 4.78 is 130. The van der Waals surface area contributed by atoms with Gasteiger partial charge in [-0.2, -0.15) is 25.3 Å². The fourth-order valence-corrected chi connectivity index (χ4v) is 9.35. The van der Waals surface area contributed by atoms with Gasteiger partial charge < -0.3 is 15.5 Å². The molecule has 18 nitrogen and oxygen atoms in total. The predicted octanol–water partition coefficient (Wildman–Crippen LogP) is 1.83. The first kappa shape index (κ1) is 39.1. The quantitative estimate of drug-likeness (QED) is 0.101. The lowest BCUT2D eigenvalue weighted by Crippen LogP contribution is -2.33. The van der Waals surface area contributed by atoms with Crippen LogP contribution in [0.3, 0.4) is 0 Å². The van der Waals surface area contributed by atoms with Crippen LogP contribution in [-0.4, -0.2) is 74.2 Å². The molecule has 0 fully saturated rings. The maximum absolute atomic E-state index is 14.3. The van der Waals surface area contributed by atoms with E-state index in [4.69, 9.17) is 5.11 Å². The van der Waals surface area contributed by atoms with Crippen molar-refractivity contribution in [2.24, 2.45) is 0 Å². The third-order valence-electron chi connectivity index (χ3n) is 8.44. The van der Waals surface area contributed by atoms with E-state index in [1.165, 1.54) is 24.3 Å². The number of aliphatic hydroxyl groups excluding tert-OH is 1. The van der Waals surface area contributed by atoms with E-state index in [0.717, 1.165) is 36.4 Å². The Labute approximate surface area is 309 Å². The van der Waals surface area contributed by atoms with Crippen LogP contribution in [0.4, 0.5) is 11.4 Å². The molecule has 4 aromatic rings. The predicted molar refractivity (Wildman–Crippen MR) is 193 cm³/mol. The number of aromatic nitrogens is 1. The number of nitrogens with zero attached hydrogens (tertiary/aromatic N) is 1. The summed E-state index contributed by atoms with van der Waals surface area (Å²) in [6.45, 7) is 0. The van der Waals surface area contributed by atoms with Crippen molar-refractivity contribution in [3.8, 4) is 0 Å². The summed E-state index contributed by atoms with van der Waals surface area (Å²) in [5.41, 5.74) is -4.52. The molecule has 0 saturated carbocycles. The third kappa shape index (κ3) is 7.30. The molecule has 0 atom stereocenters. The van der Waals surface area contributed by atoms with Crippen LogP contribution in [0.2, 0.25) is 0 Å². The molecule has 2 aliphatic rings. The summed E-state index contributed by atoms with van der Waals surface area (Å²) in [5, 5.41) is 20.7. The van der Waals surface area contributed by atoms with Crippen LogP contribution >= 0.6 is 0 Å². The second-order valence-electron chi connectivity index (χ2n) is 12.0. The number of hydrogen-bond donors (Lipinski definition) is 6. The Balaban J connectivity index is 1.77. The molecule has 1 aliphatic heterocycles. The van der Waals surface area contributed by atoms with E-state index in [2.05, 4.69) is 10.3 Å². The summed E-state index contributed by atoms with van der Waals surface area (Å²) in [6, 6.07) is 12.5. The van der Waals surface area contributed by atoms with Crippen LogP contribution < -0.4 is 21.5 Å². The Morgan fingerprint density at radius 2 is 1.33 bits per heavy atom. The van der Waals surface area contributed by atoms with E-state index < -0.39 is 127 Å². The number of benzene rings is 4. The Kier molecular flexibility index (Phi) is 9.66. The lowest BCUT2D eigenvalue weighted by atomic mass is 9.96. The first-order valence-electron chi connectivity index (χ1n) is 15.3. The molecule has 6 rings (SSSR count). The molecule has 0 saturated heterocycles. The van der Waals surface area contributed by atoms with Gasteiger partial charge in [0, 0.05) is 27.8 Å². The van der Waals surface area contributed by atoms with E-state index in [1.807, 2.05) is 0 Å². The lowest BCUT2D eigenvalue weighted by Gasteiger charge is -2.17. The van der Waals surface area contributed by atoms with Crippen molar-refractivity contribution < 1.29 is 62.3 Å². The second kappa shape index (κ2) is 13.6. The average molecular weight is 833 g/mol. The number of nitrogens with one attached hydrogen (secondary N) is 1. The van der Waals surface area contributed by atoms with Crippen LogP contribution in [-0.2, 0) is 45.0 Å². The minimum Gasteiger partial charge on any atom is -0.506 e. The zero-order valence-electron chi connectivity index (χ0n) is 27.4. The molecule has 1 aliphatic carbocycles. The number of rotatable bonds is 11. The van der Waals surface area contributed by atoms with Crippen LogP contribution in [0.25, 0.3) is 27.4 Å². The highest BCUT2D eigenvalue weighted by molar-refractivity contribution is 7.91. The van der Waals surface area contributed by atoms with Gasteiger partial charge in [-0.25, -0.2) is 13.4 Å². The van der Waals surface area contributed by atoms with E-state index >= 15 is 0 Å². The number of hydrogen-bond acceptors (Lipinski definition) is 14. The number of anilines is 2. The number of fused-ring (bicyclic) bond motifs is 2. The van der Waals surface area contributed by atoms with Crippen LogP contribution in [0.5, 0.6) is 0 Å². The first-order chi connectivity index (χ1) is 25.5. The van der Waals surface area contributed by atoms with Gasteiger partial charge in [-0.1, -0.05) is 36.4 Å². The third-order valence-corrected chi connectivity index (χ3v) is 12.9. The molecule has 0 amide bonds. The molecular weight excluding hydrogens is 809 g/mol. The van der Waals surface area contributed by atoms with Gasteiger partial charge in [0.2, 0.25) is 0 Å². The van der Waals surface area contributed by atoms with Crippen LogP contribution in [0.15, 0.2) is 102 Å². The van der Waals surface area contributed by atoms with Gasteiger partial charge in [0.05, 0.1) is 43.0 Å². The summed E-state index contributed by atoms with van der Waals surface area (Å²) in [5.74, 6) is -2.94. The van der Waals surface area contributed by atoms with E-state index in [1.54, 1.807) is 0 Å². The molecule has 22 heteroatoms. The maximum atomic E-state index is 14.3. The highest BCUT2D eigenvalue weighted by Gasteiger charge is 2.27. The van der Waals surface area contributed by atoms with Gasteiger partial charge >= 0.3 is 5.97 Å². The van der Waals surface area contributed by atoms with Crippen molar-refractivity contribution in [3.63, 3.8) is 0 Å². The van der Waals surface area contributed by atoms with Crippen molar-refractivity contribution in [1.82, 2.24) is 4.98 Å². The molecule has 286 valence electrons. The lowest BCUT2D eigenvalue weighted by molar-refractivity contribution is -0.137. The van der Waals surface area contributed by atoms with Gasteiger partial charge in [0.15, 0.2) is 15.3 Å². The second-order valence-corrected chi connectivity index (χ2v) is 18.3. The first-order valence-corrected chi connectivity index (χ1v) is 21.3. The monoisotopic (exact) mass is 832 g/mol. The average Bonchev–Trinajstić information content (AvgIpc) is 3.08. The van der Waals surface area contributed by atoms with Crippen LogP contribution in [0, 0.1) is 10.4 Å². The smallest absolute Gasteiger partial charge is 0.303 e. The summed E-state index contributed by atoms with van der Waals surface area (Å²) in [6.07, 6.45) is -0.870. The fourth-order valence-electron chi connectivity index (χ4n) is 6.08. The zero-order chi connectivity index (χ0) is 40.4. The van der Waals surface area contributed by atoms with Crippen molar-refractivity contribution in [1.29, 1.82) is 0 Å². The normalized spacial score (nSPS) is 13.4.